The van der Waals surface area contributed by atoms with Gasteiger partial charge >= 0.3 is 5.97 Å². The summed E-state index contributed by atoms with van der Waals surface area (Å²) in [6, 6.07) is 10.1. The van der Waals surface area contributed by atoms with Crippen molar-refractivity contribution >= 4 is 46.4 Å². The minimum Gasteiger partial charge on any atom is -0.480 e. The Hall–Kier alpha value is -5.24. The highest BCUT2D eigenvalue weighted by Crippen LogP contribution is 2.19. The molecule has 2 aromatic carbocycles. The summed E-state index contributed by atoms with van der Waals surface area (Å²) in [5.74, 6) is -5.41. The Balaban J connectivity index is 1.63. The average Bonchev–Trinajstić information content (AvgIpc) is 3.53. The van der Waals surface area contributed by atoms with Crippen LogP contribution in [0.15, 0.2) is 60.8 Å². The Kier molecular flexibility index (Phi) is 15.6. The van der Waals surface area contributed by atoms with Crippen molar-refractivity contribution in [3.05, 3.63) is 71.9 Å². The maximum atomic E-state index is 13.5. The Morgan fingerprint density at radius 1 is 0.660 bits per heavy atom. The number of carbonyl (C=O) groups excluding carboxylic acids is 5. The summed E-state index contributed by atoms with van der Waals surface area (Å²) in [4.78, 5) is 82.0. The number of aromatic nitrogens is 1. The molecule has 0 saturated carbocycles. The van der Waals surface area contributed by atoms with Gasteiger partial charge in [-0.15, -0.1) is 0 Å². The van der Waals surface area contributed by atoms with Gasteiger partial charge in [0.2, 0.25) is 29.5 Å². The highest BCUT2D eigenvalue weighted by atomic mass is 16.4. The van der Waals surface area contributed by atoms with E-state index in [9.17, 15) is 33.9 Å². The number of carbonyl (C=O) groups is 6. The van der Waals surface area contributed by atoms with E-state index in [1.165, 1.54) is 6.92 Å². The van der Waals surface area contributed by atoms with Gasteiger partial charge in [-0.1, -0.05) is 96.5 Å². The molecule has 3 aromatic rings. The van der Waals surface area contributed by atoms with Crippen LogP contribution in [0.5, 0.6) is 0 Å². The first-order chi connectivity index (χ1) is 25.0. The summed E-state index contributed by atoms with van der Waals surface area (Å²) in [5, 5.41) is 24.1. The number of hydrogen-bond donors (Lipinski definition) is 8. The zero-order chi connectivity index (χ0) is 39.4. The third-order valence-corrected chi connectivity index (χ3v) is 9.39. The second-order valence-corrected chi connectivity index (χ2v) is 14.3. The molecule has 0 radical (unpaired) electrons. The third kappa shape index (κ3) is 11.9. The number of hydrogen-bond acceptors (Lipinski definition) is 7. The fourth-order valence-corrected chi connectivity index (χ4v) is 5.86. The van der Waals surface area contributed by atoms with E-state index < -0.39 is 77.7 Å². The van der Waals surface area contributed by atoms with Crippen LogP contribution in [0.1, 0.15) is 66.0 Å². The number of nitrogens with two attached hydrogens (primary N) is 1. The van der Waals surface area contributed by atoms with Gasteiger partial charge in [-0.2, -0.15) is 0 Å². The molecule has 0 aliphatic heterocycles. The number of amides is 5. The Morgan fingerprint density at radius 3 is 1.77 bits per heavy atom. The van der Waals surface area contributed by atoms with Gasteiger partial charge in [-0.05, 0) is 48.3 Å². The Bertz CT molecular complexity index is 1720. The molecule has 5 amide bonds. The highest BCUT2D eigenvalue weighted by molar-refractivity contribution is 5.96. The number of aromatic amines is 1. The van der Waals surface area contributed by atoms with Gasteiger partial charge in [-0.3, -0.25) is 24.0 Å². The van der Waals surface area contributed by atoms with E-state index in [1.807, 2.05) is 31.2 Å². The Labute approximate surface area is 310 Å². The van der Waals surface area contributed by atoms with Crippen molar-refractivity contribution in [1.29, 1.82) is 0 Å². The molecule has 0 bridgehead atoms. The summed E-state index contributed by atoms with van der Waals surface area (Å²) in [7, 11) is 0. The lowest BCUT2D eigenvalue weighted by Crippen LogP contribution is -2.61. The number of rotatable bonds is 19. The highest BCUT2D eigenvalue weighted by Gasteiger charge is 2.34. The van der Waals surface area contributed by atoms with Crippen molar-refractivity contribution in [2.75, 3.05) is 0 Å². The monoisotopic (exact) mass is 733 g/mol. The number of carboxylic acid groups (broad SMARTS) is 1. The summed E-state index contributed by atoms with van der Waals surface area (Å²) < 4.78 is 0. The molecule has 1 heterocycles. The second-order valence-electron chi connectivity index (χ2n) is 14.3. The van der Waals surface area contributed by atoms with Crippen LogP contribution >= 0.6 is 0 Å². The zero-order valence-electron chi connectivity index (χ0n) is 31.6. The number of benzene rings is 2. The third-order valence-electron chi connectivity index (χ3n) is 9.39. The molecular weight excluding hydrogens is 678 g/mol. The van der Waals surface area contributed by atoms with Gasteiger partial charge < -0.3 is 42.4 Å². The molecule has 288 valence electrons. The standard InChI is InChI=1S/C39H55N7O7/c1-8-23(6)33(38(51)43-30(39(52)53)18-25-14-10-9-11-15-25)46-34(47)24(7)42-36(49)31(21(2)3)45-37(50)32(22(4)5)44-35(48)28(40)19-26-20-41-29-17-13-12-16-27(26)29/h9-17,20-24,28,30-33,41H,8,18-19,40H2,1-7H3,(H,42,49)(H,43,51)(H,44,48)(H,45,50)(H,46,47)(H,52,53)/t23-,24-,28-,30-,31-,32-,33-/m0/s1. The molecule has 0 aliphatic rings. The van der Waals surface area contributed by atoms with E-state index in [0.717, 1.165) is 22.0 Å². The minimum atomic E-state index is -1.23. The number of H-pyrrole nitrogens is 1. The number of aliphatic carboxylic acids is 1. The zero-order valence-corrected chi connectivity index (χ0v) is 31.6. The van der Waals surface area contributed by atoms with E-state index in [0.29, 0.717) is 6.42 Å². The van der Waals surface area contributed by atoms with E-state index >= 15 is 0 Å². The summed E-state index contributed by atoms with van der Waals surface area (Å²) in [6.07, 6.45) is 2.60. The number of para-hydroxylation sites is 1. The molecular formula is C39H55N7O7. The summed E-state index contributed by atoms with van der Waals surface area (Å²) in [5.41, 5.74) is 8.78. The van der Waals surface area contributed by atoms with Crippen molar-refractivity contribution < 1.29 is 33.9 Å². The lowest BCUT2D eigenvalue weighted by atomic mass is 9.96. The van der Waals surface area contributed by atoms with Crippen molar-refractivity contribution in [3.63, 3.8) is 0 Å². The van der Waals surface area contributed by atoms with Crippen LogP contribution in [-0.2, 0) is 41.6 Å². The van der Waals surface area contributed by atoms with Crippen LogP contribution in [-0.4, -0.2) is 81.8 Å². The van der Waals surface area contributed by atoms with Crippen LogP contribution < -0.4 is 32.3 Å². The molecule has 3 rings (SSSR count). The molecule has 0 aliphatic carbocycles. The molecule has 14 nitrogen and oxygen atoms in total. The van der Waals surface area contributed by atoms with Gasteiger partial charge in [0.25, 0.3) is 0 Å². The maximum absolute atomic E-state index is 13.5. The number of carboxylic acids is 1. The Morgan fingerprint density at radius 2 is 1.19 bits per heavy atom. The van der Waals surface area contributed by atoms with Gasteiger partial charge in [-0.25, -0.2) is 4.79 Å². The minimum absolute atomic E-state index is 0.0526. The molecule has 0 fully saturated rings. The SMILES string of the molecule is CC[C@H](C)[C@H](NC(=O)[C@H](C)NC(=O)[C@@H](NC(=O)[C@@H](NC(=O)[C@@H](N)Cc1c[nH]c2ccccc12)C(C)C)C(C)C)C(=O)N[C@@H](Cc1ccccc1)C(=O)O. The van der Waals surface area contributed by atoms with Crippen molar-refractivity contribution in [2.24, 2.45) is 23.5 Å². The number of nitrogens with one attached hydrogen (secondary N) is 6. The van der Waals surface area contributed by atoms with Crippen LogP contribution in [0, 0.1) is 17.8 Å². The van der Waals surface area contributed by atoms with Gasteiger partial charge in [0.15, 0.2) is 0 Å². The fraction of sp³-hybridized carbons (Fsp3) is 0.487. The van der Waals surface area contributed by atoms with Crippen LogP contribution in [0.3, 0.4) is 0 Å². The maximum Gasteiger partial charge on any atom is 0.326 e. The van der Waals surface area contributed by atoms with Gasteiger partial charge in [0, 0.05) is 23.5 Å². The largest absolute Gasteiger partial charge is 0.480 e. The molecule has 0 spiro atoms. The fourth-order valence-electron chi connectivity index (χ4n) is 5.86. The molecule has 53 heavy (non-hydrogen) atoms. The van der Waals surface area contributed by atoms with E-state index in [-0.39, 0.29) is 24.7 Å². The van der Waals surface area contributed by atoms with Gasteiger partial charge in [0.05, 0.1) is 6.04 Å². The quantitative estimate of drug-likeness (QED) is 0.0910. The van der Waals surface area contributed by atoms with Crippen LogP contribution in [0.4, 0.5) is 0 Å². The van der Waals surface area contributed by atoms with E-state index in [2.05, 4.69) is 31.6 Å². The molecule has 9 N–H and O–H groups in total. The molecule has 1 aromatic heterocycles. The topological polar surface area (TPSA) is 225 Å². The lowest BCUT2D eigenvalue weighted by molar-refractivity contribution is -0.142. The number of fused-ring (bicyclic) bond motifs is 1. The predicted molar refractivity (Wildman–Crippen MR) is 202 cm³/mol. The predicted octanol–water partition coefficient (Wildman–Crippen LogP) is 2.17. The summed E-state index contributed by atoms with van der Waals surface area (Å²) in [6.45, 7) is 12.0. The van der Waals surface area contributed by atoms with Crippen molar-refractivity contribution in [3.8, 4) is 0 Å². The normalized spacial score (nSPS) is 15.4. The smallest absolute Gasteiger partial charge is 0.326 e. The first-order valence-electron chi connectivity index (χ1n) is 18.1. The van der Waals surface area contributed by atoms with Crippen molar-refractivity contribution in [2.45, 2.75) is 104 Å². The lowest BCUT2D eigenvalue weighted by Gasteiger charge is -2.29. The molecule has 0 unspecified atom stereocenters. The second kappa shape index (κ2) is 19.6. The molecule has 7 atom stereocenters. The first kappa shape index (κ1) is 42.2. The average molecular weight is 734 g/mol. The molecule has 0 saturated heterocycles. The first-order valence-corrected chi connectivity index (χ1v) is 18.1. The molecule has 14 heteroatoms. The van der Waals surface area contributed by atoms with E-state index in [1.54, 1.807) is 71.1 Å². The van der Waals surface area contributed by atoms with Crippen LogP contribution in [0.25, 0.3) is 10.9 Å². The van der Waals surface area contributed by atoms with Crippen LogP contribution in [0.2, 0.25) is 0 Å². The van der Waals surface area contributed by atoms with Gasteiger partial charge in [0.1, 0.15) is 30.2 Å². The summed E-state index contributed by atoms with van der Waals surface area (Å²) >= 11 is 0. The van der Waals surface area contributed by atoms with Crippen molar-refractivity contribution in [1.82, 2.24) is 31.6 Å². The van der Waals surface area contributed by atoms with E-state index in [4.69, 9.17) is 5.73 Å².